The molecular formula is C30H37ClN4O. The number of carbonyl (C=O) groups excluding carboxylic acids is 1. The fourth-order valence-corrected chi connectivity index (χ4v) is 4.23. The summed E-state index contributed by atoms with van der Waals surface area (Å²) in [5, 5.41) is 3.65. The van der Waals surface area contributed by atoms with Crippen LogP contribution >= 0.6 is 11.6 Å². The monoisotopic (exact) mass is 504 g/mol. The van der Waals surface area contributed by atoms with Crippen LogP contribution in [-0.2, 0) is 13.0 Å². The van der Waals surface area contributed by atoms with Gasteiger partial charge in [0.1, 0.15) is 11.3 Å². The maximum atomic E-state index is 13.0. The van der Waals surface area contributed by atoms with E-state index in [1.807, 2.05) is 6.92 Å². The van der Waals surface area contributed by atoms with E-state index in [1.165, 1.54) is 22.4 Å². The van der Waals surface area contributed by atoms with Crippen LogP contribution in [-0.4, -0.2) is 27.5 Å². The zero-order chi connectivity index (χ0) is 26.1. The van der Waals surface area contributed by atoms with Crippen LogP contribution in [0.5, 0.6) is 0 Å². The summed E-state index contributed by atoms with van der Waals surface area (Å²) in [5.41, 5.74) is 7.97. The number of amides is 1. The van der Waals surface area contributed by atoms with Crippen LogP contribution in [0.15, 0.2) is 65.3 Å². The highest BCUT2D eigenvalue weighted by Crippen LogP contribution is 2.20. The predicted octanol–water partition coefficient (Wildman–Crippen LogP) is 7.48. The number of nitrogens with zero attached hydrogens (tertiary/aromatic N) is 3. The molecule has 3 aromatic rings. The first-order valence-corrected chi connectivity index (χ1v) is 13.1. The third-order valence-corrected chi connectivity index (χ3v) is 6.38. The molecule has 0 bridgehead atoms. The Labute approximate surface area is 220 Å². The number of imidazole rings is 1. The molecular weight excluding hydrogens is 468 g/mol. The molecule has 0 spiro atoms. The molecule has 0 aliphatic heterocycles. The number of hydrogen-bond donors (Lipinski definition) is 1. The Morgan fingerprint density at radius 3 is 2.53 bits per heavy atom. The van der Waals surface area contributed by atoms with Gasteiger partial charge < -0.3 is 5.32 Å². The minimum absolute atomic E-state index is 0.141. The summed E-state index contributed by atoms with van der Waals surface area (Å²) in [6, 6.07) is 11.9. The van der Waals surface area contributed by atoms with Gasteiger partial charge in [0.05, 0.1) is 12.2 Å². The Bertz CT molecular complexity index is 1280. The van der Waals surface area contributed by atoms with E-state index in [0.717, 1.165) is 37.1 Å². The summed E-state index contributed by atoms with van der Waals surface area (Å²) in [5.74, 6) is -0.141. The van der Waals surface area contributed by atoms with Gasteiger partial charge in [-0.25, -0.2) is 4.98 Å². The van der Waals surface area contributed by atoms with Crippen molar-refractivity contribution in [3.05, 3.63) is 87.9 Å². The van der Waals surface area contributed by atoms with E-state index in [0.29, 0.717) is 29.3 Å². The Morgan fingerprint density at radius 2 is 1.86 bits per heavy atom. The van der Waals surface area contributed by atoms with Crippen LogP contribution < -0.4 is 5.32 Å². The SMILES string of the molecule is CCCC(C)=NCC(C)=CC=C(CC)c1ccc(CNC(=O)c2c(CC)nc3cc(Cl)ccn23)cc1. The average Bonchev–Trinajstić information content (AvgIpc) is 3.25. The number of hydrogen-bond acceptors (Lipinski definition) is 3. The first-order chi connectivity index (χ1) is 17.4. The molecule has 190 valence electrons. The lowest BCUT2D eigenvalue weighted by Crippen LogP contribution is -2.25. The van der Waals surface area contributed by atoms with Gasteiger partial charge in [0, 0.05) is 29.5 Å². The van der Waals surface area contributed by atoms with Crippen molar-refractivity contribution in [1.29, 1.82) is 0 Å². The number of pyridine rings is 1. The van der Waals surface area contributed by atoms with Crippen LogP contribution in [0.2, 0.25) is 5.02 Å². The molecule has 1 aromatic carbocycles. The number of aromatic nitrogens is 2. The number of aryl methyl sites for hydroxylation is 1. The molecule has 1 N–H and O–H groups in total. The van der Waals surface area contributed by atoms with Crippen molar-refractivity contribution in [2.45, 2.75) is 66.8 Å². The molecule has 0 radical (unpaired) electrons. The second-order valence-electron chi connectivity index (χ2n) is 9.07. The summed E-state index contributed by atoms with van der Waals surface area (Å²) in [6.07, 6.45) is 9.96. The summed E-state index contributed by atoms with van der Waals surface area (Å²) < 4.78 is 1.80. The van der Waals surface area contributed by atoms with E-state index in [-0.39, 0.29) is 5.91 Å². The highest BCUT2D eigenvalue weighted by molar-refractivity contribution is 6.30. The second kappa shape index (κ2) is 13.2. The molecule has 2 aromatic heterocycles. The molecule has 2 heterocycles. The Balaban J connectivity index is 1.67. The minimum atomic E-state index is -0.141. The third-order valence-electron chi connectivity index (χ3n) is 6.15. The zero-order valence-corrected chi connectivity index (χ0v) is 22.8. The van der Waals surface area contributed by atoms with Crippen molar-refractivity contribution in [3.8, 4) is 0 Å². The normalized spacial score (nSPS) is 12.9. The molecule has 0 aliphatic carbocycles. The van der Waals surface area contributed by atoms with Crippen molar-refractivity contribution in [2.24, 2.45) is 4.99 Å². The van der Waals surface area contributed by atoms with Crippen LogP contribution in [0.25, 0.3) is 11.2 Å². The van der Waals surface area contributed by atoms with Crippen molar-refractivity contribution in [2.75, 3.05) is 6.54 Å². The molecule has 6 heteroatoms. The highest BCUT2D eigenvalue weighted by Gasteiger charge is 2.18. The number of carbonyl (C=O) groups is 1. The number of halogens is 1. The van der Waals surface area contributed by atoms with Gasteiger partial charge in [-0.2, -0.15) is 0 Å². The molecule has 36 heavy (non-hydrogen) atoms. The van der Waals surface area contributed by atoms with Crippen molar-refractivity contribution in [3.63, 3.8) is 0 Å². The highest BCUT2D eigenvalue weighted by atomic mass is 35.5. The van der Waals surface area contributed by atoms with Gasteiger partial charge in [-0.15, -0.1) is 0 Å². The van der Waals surface area contributed by atoms with Crippen molar-refractivity contribution in [1.82, 2.24) is 14.7 Å². The number of aliphatic imine (C=N–C) groups is 1. The van der Waals surface area contributed by atoms with Crippen LogP contribution in [0.4, 0.5) is 0 Å². The predicted molar refractivity (Wildman–Crippen MR) is 152 cm³/mol. The quantitative estimate of drug-likeness (QED) is 0.217. The van der Waals surface area contributed by atoms with E-state index in [9.17, 15) is 4.79 Å². The topological polar surface area (TPSA) is 58.8 Å². The third kappa shape index (κ3) is 7.17. The van der Waals surface area contributed by atoms with E-state index < -0.39 is 0 Å². The standard InChI is InChI=1S/C30H37ClN4O/c1-6-9-22(5)32-19-21(4)10-13-24(7-2)25-14-11-23(12-15-25)20-33-30(36)29-27(8-3)34-28-18-26(31)16-17-35(28)29/h10-18H,6-9,19-20H2,1-5H3,(H,33,36). The van der Waals surface area contributed by atoms with Gasteiger partial charge in [-0.1, -0.05) is 80.8 Å². The molecule has 0 aliphatic rings. The van der Waals surface area contributed by atoms with Crippen molar-refractivity contribution >= 4 is 34.4 Å². The molecule has 3 rings (SSSR count). The molecule has 0 atom stereocenters. The minimum Gasteiger partial charge on any atom is -0.347 e. The summed E-state index contributed by atoms with van der Waals surface area (Å²) in [4.78, 5) is 22.3. The molecule has 0 saturated carbocycles. The Kier molecular flexibility index (Phi) is 10.1. The van der Waals surface area contributed by atoms with Crippen LogP contribution in [0.1, 0.15) is 81.2 Å². The molecule has 1 amide bonds. The number of nitrogens with one attached hydrogen (secondary N) is 1. The second-order valence-corrected chi connectivity index (χ2v) is 9.51. The average molecular weight is 505 g/mol. The first-order valence-electron chi connectivity index (χ1n) is 12.8. The summed E-state index contributed by atoms with van der Waals surface area (Å²) in [7, 11) is 0. The smallest absolute Gasteiger partial charge is 0.270 e. The Hall–Kier alpha value is -3.18. The number of allylic oxidation sites excluding steroid dienone is 3. The summed E-state index contributed by atoms with van der Waals surface area (Å²) in [6.45, 7) is 11.8. The van der Waals surface area contributed by atoms with Gasteiger partial charge in [0.2, 0.25) is 0 Å². The summed E-state index contributed by atoms with van der Waals surface area (Å²) >= 11 is 6.09. The lowest BCUT2D eigenvalue weighted by molar-refractivity contribution is 0.0944. The fraction of sp³-hybridized carbons (Fsp3) is 0.367. The number of rotatable bonds is 11. The largest absolute Gasteiger partial charge is 0.347 e. The van der Waals surface area contributed by atoms with Crippen molar-refractivity contribution < 1.29 is 4.79 Å². The van der Waals surface area contributed by atoms with Gasteiger partial charge in [-0.05, 0) is 55.9 Å². The fourth-order valence-electron chi connectivity index (χ4n) is 4.07. The molecule has 0 saturated heterocycles. The van der Waals surface area contributed by atoms with Gasteiger partial charge >= 0.3 is 0 Å². The molecule has 0 fully saturated rings. The zero-order valence-electron chi connectivity index (χ0n) is 22.1. The van der Waals surface area contributed by atoms with Gasteiger partial charge in [-0.3, -0.25) is 14.2 Å². The number of benzene rings is 1. The number of fused-ring (bicyclic) bond motifs is 1. The van der Waals surface area contributed by atoms with Crippen LogP contribution in [0, 0.1) is 0 Å². The maximum Gasteiger partial charge on any atom is 0.270 e. The lowest BCUT2D eigenvalue weighted by Gasteiger charge is -2.09. The van der Waals surface area contributed by atoms with Gasteiger partial charge in [0.15, 0.2) is 0 Å². The van der Waals surface area contributed by atoms with E-state index in [1.54, 1.807) is 22.7 Å². The van der Waals surface area contributed by atoms with E-state index in [4.69, 9.17) is 11.6 Å². The maximum absolute atomic E-state index is 13.0. The first kappa shape index (κ1) is 27.4. The molecule has 5 nitrogen and oxygen atoms in total. The van der Waals surface area contributed by atoms with E-state index in [2.05, 4.69) is 79.4 Å². The molecule has 0 unspecified atom stereocenters. The van der Waals surface area contributed by atoms with E-state index >= 15 is 0 Å². The Morgan fingerprint density at radius 1 is 1.11 bits per heavy atom. The van der Waals surface area contributed by atoms with Gasteiger partial charge in [0.25, 0.3) is 5.91 Å². The van der Waals surface area contributed by atoms with Crippen LogP contribution in [0.3, 0.4) is 0 Å². The lowest BCUT2D eigenvalue weighted by atomic mass is 10.0.